The van der Waals surface area contributed by atoms with Crippen molar-refractivity contribution in [2.75, 3.05) is 19.6 Å². The number of likely N-dealkylation sites (tertiary alicyclic amines) is 1. The highest BCUT2D eigenvalue weighted by molar-refractivity contribution is 5.75. The minimum atomic E-state index is -0.0464. The van der Waals surface area contributed by atoms with Gasteiger partial charge in [0.05, 0.1) is 0 Å². The molecular formula is C23H29N3O2. The van der Waals surface area contributed by atoms with E-state index in [2.05, 4.69) is 59.2 Å². The summed E-state index contributed by atoms with van der Waals surface area (Å²) in [6.07, 6.45) is 2.67. The van der Waals surface area contributed by atoms with Crippen LogP contribution in [-0.4, -0.2) is 42.5 Å². The van der Waals surface area contributed by atoms with Crippen molar-refractivity contribution in [2.24, 2.45) is 0 Å². The zero-order valence-electron chi connectivity index (χ0n) is 16.4. The van der Waals surface area contributed by atoms with E-state index in [1.807, 2.05) is 17.0 Å². The van der Waals surface area contributed by atoms with Crippen LogP contribution in [0.15, 0.2) is 60.7 Å². The molecular weight excluding hydrogens is 350 g/mol. The van der Waals surface area contributed by atoms with Gasteiger partial charge in [-0.2, -0.15) is 0 Å². The zero-order valence-corrected chi connectivity index (χ0v) is 16.4. The van der Waals surface area contributed by atoms with E-state index in [1.165, 1.54) is 18.1 Å². The van der Waals surface area contributed by atoms with Crippen LogP contribution in [-0.2, 0) is 4.79 Å². The second-order valence-electron chi connectivity index (χ2n) is 7.38. The van der Waals surface area contributed by atoms with Crippen LogP contribution in [0.1, 0.15) is 43.2 Å². The molecule has 0 saturated carbocycles. The molecule has 3 amide bonds. The van der Waals surface area contributed by atoms with Crippen molar-refractivity contribution in [2.45, 2.75) is 38.1 Å². The summed E-state index contributed by atoms with van der Waals surface area (Å²) in [5.41, 5.74) is 2.51. The van der Waals surface area contributed by atoms with Gasteiger partial charge in [-0.25, -0.2) is 4.79 Å². The molecule has 1 heterocycles. The van der Waals surface area contributed by atoms with E-state index in [9.17, 15) is 9.59 Å². The van der Waals surface area contributed by atoms with Gasteiger partial charge in [-0.3, -0.25) is 4.79 Å². The van der Waals surface area contributed by atoms with Crippen LogP contribution in [0.4, 0.5) is 4.79 Å². The standard InChI is InChI=1S/C23H29N3O2/c1-18(27)25-21-13-8-16-26(17-21)23(28)24-15-14-22(19-9-4-2-5-10-19)20-11-6-3-7-12-20/h2-7,9-12,21-22H,8,13-17H2,1H3,(H,24,28)(H,25,27)/t21-/m1/s1. The van der Waals surface area contributed by atoms with E-state index in [1.54, 1.807) is 0 Å². The zero-order chi connectivity index (χ0) is 19.8. The largest absolute Gasteiger partial charge is 0.352 e. The number of benzene rings is 2. The minimum Gasteiger partial charge on any atom is -0.352 e. The van der Waals surface area contributed by atoms with Gasteiger partial charge in [-0.15, -0.1) is 0 Å². The highest BCUT2D eigenvalue weighted by atomic mass is 16.2. The van der Waals surface area contributed by atoms with Gasteiger partial charge >= 0.3 is 6.03 Å². The van der Waals surface area contributed by atoms with Crippen molar-refractivity contribution >= 4 is 11.9 Å². The summed E-state index contributed by atoms with van der Waals surface area (Å²) in [6, 6.07) is 20.8. The van der Waals surface area contributed by atoms with Crippen LogP contribution in [0.5, 0.6) is 0 Å². The number of nitrogens with zero attached hydrogens (tertiary/aromatic N) is 1. The third-order valence-corrected chi connectivity index (χ3v) is 5.23. The lowest BCUT2D eigenvalue weighted by atomic mass is 9.88. The molecule has 0 spiro atoms. The lowest BCUT2D eigenvalue weighted by molar-refractivity contribution is -0.119. The fourth-order valence-electron chi connectivity index (χ4n) is 3.90. The average Bonchev–Trinajstić information content (AvgIpc) is 2.72. The predicted octanol–water partition coefficient (Wildman–Crippen LogP) is 3.52. The summed E-state index contributed by atoms with van der Waals surface area (Å²) >= 11 is 0. The first-order valence-corrected chi connectivity index (χ1v) is 10.0. The molecule has 0 aromatic heterocycles. The van der Waals surface area contributed by atoms with Crippen molar-refractivity contribution in [1.82, 2.24) is 15.5 Å². The number of rotatable bonds is 6. The first-order valence-electron chi connectivity index (χ1n) is 10.0. The summed E-state index contributed by atoms with van der Waals surface area (Å²) in [5, 5.41) is 5.99. The fraction of sp³-hybridized carbons (Fsp3) is 0.391. The Labute approximate surface area is 167 Å². The van der Waals surface area contributed by atoms with Gasteiger partial charge in [0, 0.05) is 38.5 Å². The third kappa shape index (κ3) is 5.59. The Morgan fingerprint density at radius 3 is 2.21 bits per heavy atom. The Kier molecular flexibility index (Phi) is 7.06. The summed E-state index contributed by atoms with van der Waals surface area (Å²) in [7, 11) is 0. The summed E-state index contributed by atoms with van der Waals surface area (Å²) < 4.78 is 0. The molecule has 5 heteroatoms. The van der Waals surface area contributed by atoms with Gasteiger partial charge in [-0.1, -0.05) is 60.7 Å². The number of carbonyl (C=O) groups is 2. The molecule has 2 aromatic rings. The van der Waals surface area contributed by atoms with Crippen LogP contribution < -0.4 is 10.6 Å². The van der Waals surface area contributed by atoms with Gasteiger partial charge in [0.2, 0.25) is 5.91 Å². The molecule has 5 nitrogen and oxygen atoms in total. The van der Waals surface area contributed by atoms with E-state index in [0.29, 0.717) is 13.1 Å². The molecule has 2 aromatic carbocycles. The SMILES string of the molecule is CC(=O)N[C@@H]1CCCN(C(=O)NCCC(c2ccccc2)c2ccccc2)C1. The molecule has 1 aliphatic heterocycles. The molecule has 1 saturated heterocycles. The van der Waals surface area contributed by atoms with Crippen LogP contribution in [0, 0.1) is 0 Å². The Balaban J connectivity index is 1.57. The van der Waals surface area contributed by atoms with Gasteiger partial charge in [0.15, 0.2) is 0 Å². The maximum atomic E-state index is 12.6. The number of hydrogen-bond donors (Lipinski definition) is 2. The Morgan fingerprint density at radius 2 is 1.64 bits per heavy atom. The predicted molar refractivity (Wildman–Crippen MR) is 111 cm³/mol. The highest BCUT2D eigenvalue weighted by Gasteiger charge is 2.24. The molecule has 1 aliphatic rings. The topological polar surface area (TPSA) is 61.4 Å². The highest BCUT2D eigenvalue weighted by Crippen LogP contribution is 2.27. The molecule has 0 radical (unpaired) electrons. The number of nitrogens with one attached hydrogen (secondary N) is 2. The molecule has 3 rings (SSSR count). The van der Waals surface area contributed by atoms with Crippen LogP contribution in [0.25, 0.3) is 0 Å². The van der Waals surface area contributed by atoms with E-state index in [-0.39, 0.29) is 23.9 Å². The van der Waals surface area contributed by atoms with Crippen molar-refractivity contribution < 1.29 is 9.59 Å². The maximum Gasteiger partial charge on any atom is 0.317 e. The normalized spacial score (nSPS) is 16.6. The first-order chi connectivity index (χ1) is 13.6. The van der Waals surface area contributed by atoms with Gasteiger partial charge in [0.1, 0.15) is 0 Å². The van der Waals surface area contributed by atoms with Gasteiger partial charge in [-0.05, 0) is 30.4 Å². The number of amides is 3. The summed E-state index contributed by atoms with van der Waals surface area (Å²) in [5.74, 6) is 0.206. The Morgan fingerprint density at radius 1 is 1.04 bits per heavy atom. The third-order valence-electron chi connectivity index (χ3n) is 5.23. The molecule has 0 bridgehead atoms. The maximum absolute atomic E-state index is 12.6. The minimum absolute atomic E-state index is 0.0409. The van der Waals surface area contributed by atoms with Crippen molar-refractivity contribution in [3.05, 3.63) is 71.8 Å². The van der Waals surface area contributed by atoms with Crippen molar-refractivity contribution in [1.29, 1.82) is 0 Å². The Bertz CT molecular complexity index is 724. The van der Waals surface area contributed by atoms with E-state index in [0.717, 1.165) is 25.8 Å². The summed E-state index contributed by atoms with van der Waals surface area (Å²) in [4.78, 5) is 25.7. The van der Waals surface area contributed by atoms with Crippen LogP contribution in [0.2, 0.25) is 0 Å². The van der Waals surface area contributed by atoms with E-state index < -0.39 is 0 Å². The first kappa shape index (κ1) is 19.9. The van der Waals surface area contributed by atoms with Crippen molar-refractivity contribution in [3.8, 4) is 0 Å². The number of piperidine rings is 1. The monoisotopic (exact) mass is 379 g/mol. The van der Waals surface area contributed by atoms with E-state index >= 15 is 0 Å². The fourth-order valence-corrected chi connectivity index (χ4v) is 3.90. The van der Waals surface area contributed by atoms with Crippen LogP contribution >= 0.6 is 0 Å². The quantitative estimate of drug-likeness (QED) is 0.807. The summed E-state index contributed by atoms with van der Waals surface area (Å²) in [6.45, 7) is 3.44. The molecule has 1 atom stereocenters. The molecule has 28 heavy (non-hydrogen) atoms. The molecule has 0 unspecified atom stereocenters. The number of carbonyl (C=O) groups excluding carboxylic acids is 2. The second kappa shape index (κ2) is 9.93. The molecule has 148 valence electrons. The number of urea groups is 1. The molecule has 2 N–H and O–H groups in total. The van der Waals surface area contributed by atoms with Gasteiger partial charge in [0.25, 0.3) is 0 Å². The number of hydrogen-bond acceptors (Lipinski definition) is 2. The molecule has 0 aliphatic carbocycles. The smallest absolute Gasteiger partial charge is 0.317 e. The molecule has 1 fully saturated rings. The lowest BCUT2D eigenvalue weighted by Gasteiger charge is -2.33. The van der Waals surface area contributed by atoms with Crippen molar-refractivity contribution in [3.63, 3.8) is 0 Å². The van der Waals surface area contributed by atoms with Crippen LogP contribution in [0.3, 0.4) is 0 Å². The van der Waals surface area contributed by atoms with Gasteiger partial charge < -0.3 is 15.5 Å². The second-order valence-corrected chi connectivity index (χ2v) is 7.38. The Hall–Kier alpha value is -2.82. The lowest BCUT2D eigenvalue weighted by Crippen LogP contribution is -2.52. The van der Waals surface area contributed by atoms with E-state index in [4.69, 9.17) is 0 Å². The average molecular weight is 380 g/mol.